The number of aromatic amines is 1. The Morgan fingerprint density at radius 2 is 1.83 bits per heavy atom. The minimum absolute atomic E-state index is 0.118. The van der Waals surface area contributed by atoms with E-state index >= 15 is 0 Å². The number of rotatable bonds is 13. The smallest absolute Gasteiger partial charge is 0.330 e. The van der Waals surface area contributed by atoms with Crippen LogP contribution in [-0.4, -0.2) is 53.6 Å². The van der Waals surface area contributed by atoms with Crippen molar-refractivity contribution >= 4 is 19.1 Å². The molecule has 2 aliphatic rings. The Kier molecular flexibility index (Phi) is 11.0. The van der Waals surface area contributed by atoms with E-state index in [2.05, 4.69) is 4.98 Å². The normalized spacial score (nSPS) is 25.3. The molecule has 0 spiro atoms. The molecule has 6 atom stereocenters. The fourth-order valence-corrected chi connectivity index (χ4v) is 7.09. The monoisotopic (exact) mass is 610 g/mol. The minimum Gasteiger partial charge on any atom is -0.438 e. The van der Waals surface area contributed by atoms with Crippen LogP contribution in [0.5, 0.6) is 0 Å². The number of H-pyrrole nitrogens is 1. The Bertz CT molecular complexity index is 1300. The van der Waals surface area contributed by atoms with E-state index in [9.17, 15) is 23.7 Å². The molecule has 236 valence electrons. The van der Waals surface area contributed by atoms with Crippen molar-refractivity contribution in [1.29, 1.82) is 0 Å². The zero-order chi connectivity index (χ0) is 31.5. The Balaban J connectivity index is 1.83. The number of nitrogens with zero attached hydrogens (tertiary/aromatic N) is 1. The van der Waals surface area contributed by atoms with Crippen molar-refractivity contribution in [3.05, 3.63) is 45.0 Å². The maximum atomic E-state index is 14.2. The largest absolute Gasteiger partial charge is 0.438 e. The van der Waals surface area contributed by atoms with E-state index in [4.69, 9.17) is 18.7 Å². The number of nitrogens with one attached hydrogen (secondary N) is 1. The van der Waals surface area contributed by atoms with Crippen LogP contribution >= 0.6 is 7.37 Å². The predicted molar refractivity (Wildman–Crippen MR) is 158 cm³/mol. The standard InChI is InChI=1S/C30H47N2O9P/c1-19(9-12-22(33)29(2,3)4)17-42(37,40-18-39-27(35)30(5,6)7)16-14-21-24(20-10-11-20)25(38-8)26(41-21)32-15-13-23(34)31-28(32)36/h13-16,19-21,24-26H,9-12,17-18H2,1-8H3,(H,31,34,36)/b16-14+. The second-order valence-electron chi connectivity index (χ2n) is 13.6. The van der Waals surface area contributed by atoms with Crippen molar-refractivity contribution in [2.75, 3.05) is 20.1 Å². The van der Waals surface area contributed by atoms with Gasteiger partial charge in [0.25, 0.3) is 5.56 Å². The topological polar surface area (TPSA) is 143 Å². The van der Waals surface area contributed by atoms with Gasteiger partial charge in [-0.05, 0) is 63.8 Å². The fraction of sp³-hybridized carbons (Fsp3) is 0.733. The highest BCUT2D eigenvalue weighted by Gasteiger charge is 2.51. The first kappa shape index (κ1) is 34.2. The predicted octanol–water partition coefficient (Wildman–Crippen LogP) is 4.86. The fourth-order valence-electron chi connectivity index (χ4n) is 5.06. The third-order valence-corrected chi connectivity index (χ3v) is 10.0. The molecule has 11 nitrogen and oxygen atoms in total. The lowest BCUT2D eigenvalue weighted by Gasteiger charge is -2.23. The number of hydrogen-bond acceptors (Lipinski definition) is 9. The first-order chi connectivity index (χ1) is 19.4. The summed E-state index contributed by atoms with van der Waals surface area (Å²) in [5.74, 6) is 1.21. The van der Waals surface area contributed by atoms with Crippen LogP contribution in [0.3, 0.4) is 0 Å². The molecule has 6 unspecified atom stereocenters. The first-order valence-electron chi connectivity index (χ1n) is 14.6. The average molecular weight is 611 g/mol. The molecule has 0 radical (unpaired) electrons. The molecular formula is C30H47N2O9P. The molecule has 0 bridgehead atoms. The van der Waals surface area contributed by atoms with Crippen LogP contribution in [0.2, 0.25) is 0 Å². The first-order valence-corrected chi connectivity index (χ1v) is 16.5. The van der Waals surface area contributed by atoms with Gasteiger partial charge in [-0.15, -0.1) is 0 Å². The molecule has 3 rings (SSSR count). The lowest BCUT2D eigenvalue weighted by molar-refractivity contribution is -0.159. The number of esters is 1. The highest BCUT2D eigenvalue weighted by molar-refractivity contribution is 7.62. The zero-order valence-corrected chi connectivity index (χ0v) is 27.0. The molecule has 1 saturated heterocycles. The summed E-state index contributed by atoms with van der Waals surface area (Å²) >= 11 is 0. The van der Waals surface area contributed by atoms with E-state index < -0.39 is 60.6 Å². The average Bonchev–Trinajstić information content (AvgIpc) is 3.65. The molecular weight excluding hydrogens is 563 g/mol. The van der Waals surface area contributed by atoms with Crippen LogP contribution in [0, 0.1) is 28.6 Å². The quantitative estimate of drug-likeness (QED) is 0.188. The molecule has 42 heavy (non-hydrogen) atoms. The van der Waals surface area contributed by atoms with Crippen LogP contribution in [0.15, 0.2) is 33.7 Å². The van der Waals surface area contributed by atoms with Gasteiger partial charge in [0.05, 0.1) is 11.5 Å². The lowest BCUT2D eigenvalue weighted by atomic mass is 9.87. The van der Waals surface area contributed by atoms with Gasteiger partial charge in [-0.3, -0.25) is 33.0 Å². The van der Waals surface area contributed by atoms with E-state index in [1.807, 2.05) is 27.7 Å². The molecule has 2 fully saturated rings. The lowest BCUT2D eigenvalue weighted by Crippen LogP contribution is -2.37. The highest BCUT2D eigenvalue weighted by atomic mass is 31.2. The second-order valence-corrected chi connectivity index (χ2v) is 16.0. The van der Waals surface area contributed by atoms with Crippen molar-refractivity contribution in [2.45, 2.75) is 92.6 Å². The van der Waals surface area contributed by atoms with Crippen LogP contribution in [0.25, 0.3) is 0 Å². The second kappa shape index (κ2) is 13.5. The van der Waals surface area contributed by atoms with Gasteiger partial charge < -0.3 is 14.2 Å². The molecule has 2 heterocycles. The highest BCUT2D eigenvalue weighted by Crippen LogP contribution is 2.53. The van der Waals surface area contributed by atoms with Gasteiger partial charge in [-0.1, -0.05) is 27.7 Å². The molecule has 0 amide bonds. The molecule has 1 saturated carbocycles. The van der Waals surface area contributed by atoms with Gasteiger partial charge in [0, 0.05) is 43.3 Å². The van der Waals surface area contributed by atoms with Gasteiger partial charge in [0.15, 0.2) is 13.0 Å². The molecule has 1 N–H and O–H groups in total. The number of ketones is 1. The Hall–Kier alpha value is -2.33. The van der Waals surface area contributed by atoms with Gasteiger partial charge in [0.1, 0.15) is 11.9 Å². The number of ether oxygens (including phenoxy) is 3. The molecule has 1 aliphatic carbocycles. The zero-order valence-electron chi connectivity index (χ0n) is 26.1. The van der Waals surface area contributed by atoms with Gasteiger partial charge in [-0.2, -0.15) is 0 Å². The number of methoxy groups -OCH3 is 1. The van der Waals surface area contributed by atoms with Crippen LogP contribution in [0.4, 0.5) is 0 Å². The van der Waals surface area contributed by atoms with Crippen molar-refractivity contribution in [1.82, 2.24) is 9.55 Å². The summed E-state index contributed by atoms with van der Waals surface area (Å²) in [7, 11) is -1.96. The maximum absolute atomic E-state index is 14.2. The third-order valence-electron chi connectivity index (χ3n) is 7.74. The van der Waals surface area contributed by atoms with Crippen LogP contribution in [0.1, 0.15) is 80.4 Å². The van der Waals surface area contributed by atoms with Gasteiger partial charge >= 0.3 is 11.7 Å². The molecule has 1 aromatic rings. The number of Topliss-reactive ketones (excluding diaryl/α,β-unsaturated/α-hetero) is 1. The molecule has 0 aromatic carbocycles. The van der Waals surface area contributed by atoms with E-state index in [1.54, 1.807) is 34.0 Å². The third kappa shape index (κ3) is 9.09. The Morgan fingerprint density at radius 1 is 1.17 bits per heavy atom. The number of hydrogen-bond donors (Lipinski definition) is 1. The van der Waals surface area contributed by atoms with Crippen molar-refractivity contribution in [3.8, 4) is 0 Å². The molecule has 1 aliphatic heterocycles. The van der Waals surface area contributed by atoms with Crippen LogP contribution in [-0.2, 0) is 32.9 Å². The van der Waals surface area contributed by atoms with E-state index in [-0.39, 0.29) is 23.8 Å². The molecule has 1 aromatic heterocycles. The Labute approximate surface area is 247 Å². The van der Waals surface area contributed by atoms with Gasteiger partial charge in [-0.25, -0.2) is 4.79 Å². The summed E-state index contributed by atoms with van der Waals surface area (Å²) in [5.41, 5.74) is -2.33. The Morgan fingerprint density at radius 3 is 2.38 bits per heavy atom. The summed E-state index contributed by atoms with van der Waals surface area (Å²) < 4.78 is 38.6. The van der Waals surface area contributed by atoms with Crippen molar-refractivity contribution < 1.29 is 32.9 Å². The summed E-state index contributed by atoms with van der Waals surface area (Å²) in [6.45, 7) is 12.2. The van der Waals surface area contributed by atoms with E-state index in [0.717, 1.165) is 12.8 Å². The summed E-state index contributed by atoms with van der Waals surface area (Å²) in [4.78, 5) is 51.2. The summed E-state index contributed by atoms with van der Waals surface area (Å²) in [6.07, 6.45) is 4.24. The molecule has 12 heteroatoms. The minimum atomic E-state index is -3.52. The van der Waals surface area contributed by atoms with E-state index in [0.29, 0.717) is 18.8 Å². The number of aromatic nitrogens is 2. The summed E-state index contributed by atoms with van der Waals surface area (Å²) in [5, 5.41) is 0. The van der Waals surface area contributed by atoms with Crippen LogP contribution < -0.4 is 11.2 Å². The van der Waals surface area contributed by atoms with Crippen molar-refractivity contribution in [2.24, 2.45) is 28.6 Å². The number of carbonyl (C=O) groups is 2. The SMILES string of the molecule is COC1C(C2CC2)C(/C=C/P(=O)(CC(C)CCC(=O)C(C)(C)C)OCOC(=O)C(C)(C)C)OC1n1ccc(=O)[nH]c1=O. The maximum Gasteiger partial charge on any atom is 0.330 e. The van der Waals surface area contributed by atoms with Gasteiger partial charge in [0.2, 0.25) is 7.37 Å². The van der Waals surface area contributed by atoms with Crippen molar-refractivity contribution in [3.63, 3.8) is 0 Å². The summed E-state index contributed by atoms with van der Waals surface area (Å²) in [6, 6.07) is 1.25. The van der Waals surface area contributed by atoms with E-state index in [1.165, 1.54) is 22.6 Å². The number of carbonyl (C=O) groups excluding carboxylic acids is 2.